The van der Waals surface area contributed by atoms with Gasteiger partial charge in [0.1, 0.15) is 0 Å². The Hall–Kier alpha value is -0.0800. The van der Waals surface area contributed by atoms with Crippen molar-refractivity contribution >= 4 is 0 Å². The molecule has 2 rings (SSSR count). The van der Waals surface area contributed by atoms with Crippen LogP contribution in [0.1, 0.15) is 93.9 Å². The highest BCUT2D eigenvalue weighted by molar-refractivity contribution is 4.89. The average molecular weight is 341 g/mol. The van der Waals surface area contributed by atoms with Gasteiger partial charge >= 0.3 is 0 Å². The van der Waals surface area contributed by atoms with Gasteiger partial charge in [0.05, 0.1) is 12.2 Å². The van der Waals surface area contributed by atoms with E-state index < -0.39 is 0 Å². The smallest absolute Gasteiger partial charge is 0.0621 e. The summed E-state index contributed by atoms with van der Waals surface area (Å²) in [6.07, 6.45) is 6.97. The zero-order valence-corrected chi connectivity index (χ0v) is 17.6. The Bertz CT molecular complexity index is 370. The molecule has 4 atom stereocenters. The van der Waals surface area contributed by atoms with Gasteiger partial charge in [0.25, 0.3) is 0 Å². The molecule has 2 fully saturated rings. The van der Waals surface area contributed by atoms with E-state index in [1.165, 1.54) is 32.1 Å². The van der Waals surface area contributed by atoms with Crippen LogP contribution in [0.2, 0.25) is 0 Å². The summed E-state index contributed by atoms with van der Waals surface area (Å²) in [4.78, 5) is 0. The van der Waals surface area contributed by atoms with Crippen molar-refractivity contribution in [1.82, 2.24) is 0 Å². The van der Waals surface area contributed by atoms with E-state index in [1.54, 1.807) is 0 Å². The van der Waals surface area contributed by atoms with E-state index in [9.17, 15) is 10.2 Å². The number of hydrogen-bond donors (Lipinski definition) is 2. The minimum atomic E-state index is -0.0914. The summed E-state index contributed by atoms with van der Waals surface area (Å²) in [6, 6.07) is 0. The van der Waals surface area contributed by atoms with E-state index in [4.69, 9.17) is 0 Å². The molecular formula is C22H44O2. The molecule has 2 heteroatoms. The molecule has 0 aromatic rings. The van der Waals surface area contributed by atoms with Crippen molar-refractivity contribution < 1.29 is 10.2 Å². The highest BCUT2D eigenvalue weighted by Gasteiger charge is 2.38. The molecule has 4 unspecified atom stereocenters. The lowest BCUT2D eigenvalue weighted by molar-refractivity contribution is -0.0479. The topological polar surface area (TPSA) is 40.5 Å². The molecule has 2 saturated carbocycles. The fraction of sp³-hybridized carbons (Fsp3) is 1.00. The van der Waals surface area contributed by atoms with Gasteiger partial charge in [-0.1, -0.05) is 61.8 Å². The van der Waals surface area contributed by atoms with Crippen molar-refractivity contribution in [3.63, 3.8) is 0 Å². The van der Waals surface area contributed by atoms with Gasteiger partial charge in [-0.3, -0.25) is 0 Å². The predicted octanol–water partition coefficient (Wildman–Crippen LogP) is 5.66. The van der Waals surface area contributed by atoms with Gasteiger partial charge in [0.15, 0.2) is 0 Å². The zero-order chi connectivity index (χ0) is 18.7. The standard InChI is InChI=1S/2C11H22O/c1-8(2)9-5-6-11(3,4)7-10(9)12;1-8(2)9-6-5-7-11(3,4)10(9)12/h2*8-10,12H,5-7H2,1-4H3. The first-order valence-corrected chi connectivity index (χ1v) is 10.2. The third kappa shape index (κ3) is 6.02. The third-order valence-corrected chi connectivity index (χ3v) is 6.69. The van der Waals surface area contributed by atoms with Crippen molar-refractivity contribution in [1.29, 1.82) is 0 Å². The lowest BCUT2D eigenvalue weighted by atomic mass is 9.66. The van der Waals surface area contributed by atoms with Crippen LogP contribution in [0.3, 0.4) is 0 Å². The molecule has 24 heavy (non-hydrogen) atoms. The minimum absolute atomic E-state index is 0.0613. The van der Waals surface area contributed by atoms with E-state index in [-0.39, 0.29) is 17.6 Å². The molecule has 2 aliphatic carbocycles. The molecule has 0 heterocycles. The fourth-order valence-corrected chi connectivity index (χ4v) is 4.72. The summed E-state index contributed by atoms with van der Waals surface area (Å²) in [6.45, 7) is 17.8. The second kappa shape index (κ2) is 8.54. The second-order valence-electron chi connectivity index (χ2n) is 10.6. The van der Waals surface area contributed by atoms with Crippen LogP contribution in [0.25, 0.3) is 0 Å². The predicted molar refractivity (Wildman–Crippen MR) is 104 cm³/mol. The van der Waals surface area contributed by atoms with Gasteiger partial charge < -0.3 is 10.2 Å². The molecule has 0 amide bonds. The molecule has 2 aliphatic rings. The van der Waals surface area contributed by atoms with Gasteiger partial charge in [-0.2, -0.15) is 0 Å². The molecule has 2 nitrogen and oxygen atoms in total. The van der Waals surface area contributed by atoms with Crippen molar-refractivity contribution in [3.05, 3.63) is 0 Å². The summed E-state index contributed by atoms with van der Waals surface area (Å²) in [5.74, 6) is 2.32. The van der Waals surface area contributed by atoms with Crippen LogP contribution >= 0.6 is 0 Å². The monoisotopic (exact) mass is 340 g/mol. The lowest BCUT2D eigenvalue weighted by Gasteiger charge is -2.42. The Morgan fingerprint density at radius 2 is 1.33 bits per heavy atom. The summed E-state index contributed by atoms with van der Waals surface area (Å²) in [5.41, 5.74) is 0.512. The summed E-state index contributed by atoms with van der Waals surface area (Å²) >= 11 is 0. The largest absolute Gasteiger partial charge is 0.393 e. The van der Waals surface area contributed by atoms with E-state index in [1.807, 2.05) is 0 Å². The Balaban J connectivity index is 0.000000240. The quantitative estimate of drug-likeness (QED) is 0.681. The van der Waals surface area contributed by atoms with Crippen molar-refractivity contribution in [2.24, 2.45) is 34.5 Å². The van der Waals surface area contributed by atoms with Crippen LogP contribution in [0.15, 0.2) is 0 Å². The molecule has 0 radical (unpaired) electrons. The van der Waals surface area contributed by atoms with E-state index in [0.717, 1.165) is 6.42 Å². The van der Waals surface area contributed by atoms with Crippen LogP contribution < -0.4 is 0 Å². The Kier molecular flexibility index (Phi) is 7.81. The molecule has 144 valence electrons. The molecular weight excluding hydrogens is 296 g/mol. The minimum Gasteiger partial charge on any atom is -0.393 e. The molecule has 0 aliphatic heterocycles. The number of hydrogen-bond acceptors (Lipinski definition) is 2. The molecule has 2 N–H and O–H groups in total. The average Bonchev–Trinajstić information content (AvgIpc) is 2.40. The van der Waals surface area contributed by atoms with Crippen molar-refractivity contribution in [2.45, 2.75) is 106 Å². The van der Waals surface area contributed by atoms with Crippen LogP contribution in [-0.4, -0.2) is 22.4 Å². The maximum absolute atomic E-state index is 10.1. The SMILES string of the molecule is CC(C)C1CCC(C)(C)CC1O.CC(C)C1CCCC(C)(C)C1O. The Morgan fingerprint density at radius 1 is 0.792 bits per heavy atom. The molecule has 0 saturated heterocycles. The van der Waals surface area contributed by atoms with E-state index in [0.29, 0.717) is 29.1 Å². The van der Waals surface area contributed by atoms with Crippen molar-refractivity contribution in [3.8, 4) is 0 Å². The molecule has 0 aromatic heterocycles. The first-order chi connectivity index (χ1) is 10.9. The van der Waals surface area contributed by atoms with Gasteiger partial charge in [-0.25, -0.2) is 0 Å². The van der Waals surface area contributed by atoms with Crippen LogP contribution in [0.5, 0.6) is 0 Å². The molecule has 0 bridgehead atoms. The highest BCUT2D eigenvalue weighted by Crippen LogP contribution is 2.42. The maximum Gasteiger partial charge on any atom is 0.0621 e. The number of rotatable bonds is 2. The zero-order valence-electron chi connectivity index (χ0n) is 17.6. The van der Waals surface area contributed by atoms with Gasteiger partial charge in [-0.15, -0.1) is 0 Å². The summed E-state index contributed by atoms with van der Waals surface area (Å²) < 4.78 is 0. The first kappa shape index (κ1) is 22.0. The fourth-order valence-electron chi connectivity index (χ4n) is 4.72. The number of aliphatic hydroxyl groups excluding tert-OH is 2. The van der Waals surface area contributed by atoms with Crippen molar-refractivity contribution in [2.75, 3.05) is 0 Å². The third-order valence-electron chi connectivity index (χ3n) is 6.69. The summed E-state index contributed by atoms with van der Waals surface area (Å²) in [7, 11) is 0. The van der Waals surface area contributed by atoms with Gasteiger partial charge in [0.2, 0.25) is 0 Å². The molecule has 0 spiro atoms. The first-order valence-electron chi connectivity index (χ1n) is 10.2. The van der Waals surface area contributed by atoms with Crippen LogP contribution in [0.4, 0.5) is 0 Å². The summed E-state index contributed by atoms with van der Waals surface area (Å²) in [5, 5.41) is 19.9. The van der Waals surface area contributed by atoms with Crippen LogP contribution in [0, 0.1) is 34.5 Å². The normalized spacial score (nSPS) is 35.5. The van der Waals surface area contributed by atoms with Gasteiger partial charge in [-0.05, 0) is 66.6 Å². The highest BCUT2D eigenvalue weighted by atomic mass is 16.3. The number of aliphatic hydroxyl groups is 2. The Labute approximate surface area is 151 Å². The van der Waals surface area contributed by atoms with Gasteiger partial charge in [0, 0.05) is 0 Å². The van der Waals surface area contributed by atoms with Crippen LogP contribution in [-0.2, 0) is 0 Å². The molecule has 0 aromatic carbocycles. The van der Waals surface area contributed by atoms with E-state index in [2.05, 4.69) is 55.4 Å². The lowest BCUT2D eigenvalue weighted by Crippen LogP contribution is -2.41. The van der Waals surface area contributed by atoms with E-state index >= 15 is 0 Å². The maximum atomic E-state index is 10.1. The Morgan fingerprint density at radius 3 is 1.75 bits per heavy atom. The second-order valence-corrected chi connectivity index (χ2v) is 10.6.